The Morgan fingerprint density at radius 2 is 2.00 bits per heavy atom. The average Bonchev–Trinajstić information content (AvgIpc) is 2.29. The molecule has 0 saturated heterocycles. The topological polar surface area (TPSA) is 40.9 Å². The van der Waals surface area contributed by atoms with Crippen molar-refractivity contribution in [1.82, 2.24) is 0 Å². The normalized spacial score (nSPS) is 11.8. The molecule has 0 N–H and O–H groups in total. The zero-order valence-electron chi connectivity index (χ0n) is 9.16. The summed E-state index contributed by atoms with van der Waals surface area (Å²) in [5.41, 5.74) is 1.93. The number of Topliss-reactive ketones (excluding diaryl/α,β-unsaturated/α-hetero) is 1. The van der Waals surface area contributed by atoms with Crippen molar-refractivity contribution in [2.45, 2.75) is 26.7 Å². The highest BCUT2D eigenvalue weighted by atomic mass is 16.1. The van der Waals surface area contributed by atoms with Crippen molar-refractivity contribution in [2.75, 3.05) is 0 Å². The molecule has 2 heteroatoms. The molecule has 0 spiro atoms. The van der Waals surface area contributed by atoms with Gasteiger partial charge < -0.3 is 0 Å². The van der Waals surface area contributed by atoms with Crippen LogP contribution in [0.3, 0.4) is 0 Å². The van der Waals surface area contributed by atoms with Crippen molar-refractivity contribution >= 4 is 5.78 Å². The molecular weight excluding hydrogens is 186 g/mol. The number of rotatable bonds is 4. The molecule has 0 bridgehead atoms. The fraction of sp³-hybridized carbons (Fsp3) is 0.385. The predicted molar refractivity (Wildman–Crippen MR) is 59.5 cm³/mol. The van der Waals surface area contributed by atoms with E-state index in [-0.39, 0.29) is 11.7 Å². The molecule has 1 aromatic carbocycles. The maximum absolute atomic E-state index is 11.7. The fourth-order valence-electron chi connectivity index (χ4n) is 1.37. The summed E-state index contributed by atoms with van der Waals surface area (Å²) in [6.45, 7) is 3.84. The van der Waals surface area contributed by atoms with Crippen LogP contribution in [0.25, 0.3) is 0 Å². The molecular formula is C13H15NO. The van der Waals surface area contributed by atoms with Gasteiger partial charge in [-0.2, -0.15) is 5.26 Å². The van der Waals surface area contributed by atoms with Gasteiger partial charge in [-0.3, -0.25) is 4.79 Å². The van der Waals surface area contributed by atoms with Crippen LogP contribution in [0.2, 0.25) is 0 Å². The van der Waals surface area contributed by atoms with Crippen LogP contribution in [0, 0.1) is 17.2 Å². The van der Waals surface area contributed by atoms with Gasteiger partial charge in [0.25, 0.3) is 0 Å². The van der Waals surface area contributed by atoms with Crippen molar-refractivity contribution in [2.24, 2.45) is 5.92 Å². The van der Waals surface area contributed by atoms with Crippen LogP contribution in [-0.4, -0.2) is 5.78 Å². The lowest BCUT2D eigenvalue weighted by atomic mass is 9.99. The van der Waals surface area contributed by atoms with Crippen molar-refractivity contribution in [1.29, 1.82) is 5.26 Å². The second-order valence-corrected chi connectivity index (χ2v) is 3.71. The van der Waals surface area contributed by atoms with Gasteiger partial charge in [-0.25, -0.2) is 0 Å². The second kappa shape index (κ2) is 5.31. The van der Waals surface area contributed by atoms with Crippen LogP contribution in [0.5, 0.6) is 0 Å². The number of nitriles is 1. The molecule has 1 unspecified atom stereocenters. The van der Waals surface area contributed by atoms with Crippen LogP contribution >= 0.6 is 0 Å². The predicted octanol–water partition coefficient (Wildman–Crippen LogP) is 2.98. The maximum Gasteiger partial charge on any atom is 0.164 e. The Balaban J connectivity index is 2.71. The van der Waals surface area contributed by atoms with Crippen LogP contribution in [-0.2, 0) is 6.42 Å². The van der Waals surface area contributed by atoms with Gasteiger partial charge in [0.05, 0.1) is 12.0 Å². The third-order valence-electron chi connectivity index (χ3n) is 2.40. The molecule has 0 aliphatic rings. The molecule has 1 atom stereocenters. The molecule has 78 valence electrons. The first kappa shape index (κ1) is 11.5. The lowest BCUT2D eigenvalue weighted by Gasteiger charge is -2.03. The summed E-state index contributed by atoms with van der Waals surface area (Å²) in [5.74, 6) is -0.157. The van der Waals surface area contributed by atoms with E-state index in [2.05, 4.69) is 13.0 Å². The average molecular weight is 201 g/mol. The minimum Gasteiger partial charge on any atom is -0.294 e. The zero-order valence-corrected chi connectivity index (χ0v) is 9.16. The van der Waals surface area contributed by atoms with Crippen LogP contribution in [0.4, 0.5) is 0 Å². The Morgan fingerprint density at radius 3 is 2.47 bits per heavy atom. The quantitative estimate of drug-likeness (QED) is 0.702. The monoisotopic (exact) mass is 201 g/mol. The summed E-state index contributed by atoms with van der Waals surface area (Å²) in [7, 11) is 0. The Morgan fingerprint density at radius 1 is 1.40 bits per heavy atom. The van der Waals surface area contributed by atoms with Crippen LogP contribution in [0.1, 0.15) is 36.2 Å². The van der Waals surface area contributed by atoms with Crippen molar-refractivity contribution in [3.8, 4) is 6.07 Å². The van der Waals surface area contributed by atoms with E-state index in [1.807, 2.05) is 24.3 Å². The van der Waals surface area contributed by atoms with Gasteiger partial charge in [-0.1, -0.05) is 31.2 Å². The molecule has 0 fully saturated rings. The Bertz CT molecular complexity index is 373. The number of aryl methyl sites for hydroxylation is 1. The summed E-state index contributed by atoms with van der Waals surface area (Å²) >= 11 is 0. The Labute approximate surface area is 90.5 Å². The number of hydrogen-bond acceptors (Lipinski definition) is 2. The summed E-state index contributed by atoms with van der Waals surface area (Å²) in [4.78, 5) is 11.7. The molecule has 15 heavy (non-hydrogen) atoms. The lowest BCUT2D eigenvalue weighted by Crippen LogP contribution is -2.04. The highest BCUT2D eigenvalue weighted by Gasteiger charge is 2.10. The van der Waals surface area contributed by atoms with Gasteiger partial charge in [-0.05, 0) is 18.9 Å². The number of hydrogen-bond donors (Lipinski definition) is 0. The van der Waals surface area contributed by atoms with E-state index in [1.165, 1.54) is 5.56 Å². The standard InChI is InChI=1S/C13H15NO/c1-3-11-4-6-12(7-5-11)13(15)8-10(2)9-14/h4-7,10H,3,8H2,1-2H3. The van der Waals surface area contributed by atoms with E-state index in [0.29, 0.717) is 12.0 Å². The van der Waals surface area contributed by atoms with E-state index in [9.17, 15) is 4.79 Å². The molecule has 0 aliphatic carbocycles. The van der Waals surface area contributed by atoms with E-state index < -0.39 is 0 Å². The van der Waals surface area contributed by atoms with Crippen molar-refractivity contribution < 1.29 is 4.79 Å². The largest absolute Gasteiger partial charge is 0.294 e. The first-order valence-electron chi connectivity index (χ1n) is 5.19. The second-order valence-electron chi connectivity index (χ2n) is 3.71. The van der Waals surface area contributed by atoms with Gasteiger partial charge >= 0.3 is 0 Å². The van der Waals surface area contributed by atoms with Gasteiger partial charge in [-0.15, -0.1) is 0 Å². The molecule has 0 heterocycles. The number of carbonyl (C=O) groups is 1. The SMILES string of the molecule is CCc1ccc(C(=O)CC(C)C#N)cc1. The molecule has 2 nitrogen and oxygen atoms in total. The summed E-state index contributed by atoms with van der Waals surface area (Å²) < 4.78 is 0. The minimum absolute atomic E-state index is 0.0479. The summed E-state index contributed by atoms with van der Waals surface area (Å²) in [6.07, 6.45) is 1.28. The Hall–Kier alpha value is -1.62. The van der Waals surface area contributed by atoms with Gasteiger partial charge in [0, 0.05) is 12.0 Å². The third-order valence-corrected chi connectivity index (χ3v) is 2.40. The van der Waals surface area contributed by atoms with E-state index in [4.69, 9.17) is 5.26 Å². The van der Waals surface area contributed by atoms with Crippen LogP contribution in [0.15, 0.2) is 24.3 Å². The van der Waals surface area contributed by atoms with Gasteiger partial charge in [0.1, 0.15) is 0 Å². The number of nitrogens with zero attached hydrogens (tertiary/aromatic N) is 1. The summed E-state index contributed by atoms with van der Waals surface area (Å²) in [5, 5.41) is 8.61. The lowest BCUT2D eigenvalue weighted by molar-refractivity contribution is 0.0973. The highest BCUT2D eigenvalue weighted by molar-refractivity contribution is 5.96. The molecule has 0 amide bonds. The fourth-order valence-corrected chi connectivity index (χ4v) is 1.37. The third kappa shape index (κ3) is 3.21. The summed E-state index contributed by atoms with van der Waals surface area (Å²) in [6, 6.07) is 9.67. The van der Waals surface area contributed by atoms with Crippen molar-refractivity contribution in [3.05, 3.63) is 35.4 Å². The molecule has 1 aromatic rings. The zero-order chi connectivity index (χ0) is 11.3. The molecule has 0 aromatic heterocycles. The van der Waals surface area contributed by atoms with E-state index in [1.54, 1.807) is 6.92 Å². The van der Waals surface area contributed by atoms with Crippen molar-refractivity contribution in [3.63, 3.8) is 0 Å². The maximum atomic E-state index is 11.7. The molecule has 0 saturated carbocycles. The van der Waals surface area contributed by atoms with E-state index >= 15 is 0 Å². The highest BCUT2D eigenvalue weighted by Crippen LogP contribution is 2.11. The van der Waals surface area contributed by atoms with E-state index in [0.717, 1.165) is 6.42 Å². The van der Waals surface area contributed by atoms with Crippen LogP contribution < -0.4 is 0 Å². The molecule has 0 radical (unpaired) electrons. The number of carbonyl (C=O) groups excluding carboxylic acids is 1. The minimum atomic E-state index is -0.205. The first-order valence-corrected chi connectivity index (χ1v) is 5.19. The van der Waals surface area contributed by atoms with Gasteiger partial charge in [0.2, 0.25) is 0 Å². The van der Waals surface area contributed by atoms with Gasteiger partial charge in [0.15, 0.2) is 5.78 Å². The smallest absolute Gasteiger partial charge is 0.164 e. The Kier molecular flexibility index (Phi) is 4.05. The molecule has 0 aliphatic heterocycles. The number of ketones is 1. The first-order chi connectivity index (χ1) is 7.17. The molecule has 1 rings (SSSR count). The number of benzene rings is 1.